The van der Waals surface area contributed by atoms with Crippen LogP contribution in [-0.4, -0.2) is 63.9 Å². The van der Waals surface area contributed by atoms with Crippen molar-refractivity contribution in [1.82, 2.24) is 14.7 Å². The number of aromatic nitrogens is 2. The minimum absolute atomic E-state index is 0.0525. The summed E-state index contributed by atoms with van der Waals surface area (Å²) in [5.74, 6) is -0.179. The normalized spacial score (nSPS) is 18.9. The molecule has 1 atom stereocenters. The topological polar surface area (TPSA) is 84.7 Å². The summed E-state index contributed by atoms with van der Waals surface area (Å²) in [5.41, 5.74) is 1.90. The van der Waals surface area contributed by atoms with Crippen molar-refractivity contribution in [3.05, 3.63) is 17.0 Å². The third kappa shape index (κ3) is 3.14. The first-order chi connectivity index (χ1) is 9.95. The van der Waals surface area contributed by atoms with Gasteiger partial charge in [-0.25, -0.2) is 0 Å². The molecule has 2 rings (SSSR count). The standard InChI is InChI=1S/C14H21N3O4/c1-9-14(11(3)19)10(2)17(15-9)6-13(20)16-4-5-21-8-12(16)7-18/h12,18H,4-8H2,1-3H3. The van der Waals surface area contributed by atoms with Crippen molar-refractivity contribution >= 4 is 11.7 Å². The Hall–Kier alpha value is -1.73. The van der Waals surface area contributed by atoms with E-state index in [1.54, 1.807) is 23.4 Å². The number of aryl methyl sites for hydroxylation is 1. The lowest BCUT2D eigenvalue weighted by molar-refractivity contribution is -0.142. The fourth-order valence-electron chi connectivity index (χ4n) is 2.71. The van der Waals surface area contributed by atoms with Crippen LogP contribution in [0.4, 0.5) is 0 Å². The van der Waals surface area contributed by atoms with Crippen LogP contribution < -0.4 is 0 Å². The predicted octanol–water partition coefficient (Wildman–Crippen LogP) is -0.0778. The number of morpholine rings is 1. The number of aliphatic hydroxyl groups excluding tert-OH is 1. The fourth-order valence-corrected chi connectivity index (χ4v) is 2.71. The summed E-state index contributed by atoms with van der Waals surface area (Å²) in [6, 6.07) is -0.310. The second kappa shape index (κ2) is 6.36. The van der Waals surface area contributed by atoms with Crippen molar-refractivity contribution in [2.75, 3.05) is 26.4 Å². The Balaban J connectivity index is 2.16. The summed E-state index contributed by atoms with van der Waals surface area (Å²) >= 11 is 0. The van der Waals surface area contributed by atoms with Crippen LogP contribution in [0.2, 0.25) is 0 Å². The maximum Gasteiger partial charge on any atom is 0.244 e. The highest BCUT2D eigenvalue weighted by atomic mass is 16.5. The number of hydrogen-bond donors (Lipinski definition) is 1. The molecule has 0 aromatic carbocycles. The van der Waals surface area contributed by atoms with Crippen LogP contribution in [0, 0.1) is 13.8 Å². The van der Waals surface area contributed by atoms with E-state index in [2.05, 4.69) is 5.10 Å². The van der Waals surface area contributed by atoms with Crippen molar-refractivity contribution in [1.29, 1.82) is 0 Å². The number of aliphatic hydroxyl groups is 1. The highest BCUT2D eigenvalue weighted by Crippen LogP contribution is 2.15. The van der Waals surface area contributed by atoms with Gasteiger partial charge in [-0.1, -0.05) is 0 Å². The Bertz CT molecular complexity index is 553. The summed E-state index contributed by atoms with van der Waals surface area (Å²) < 4.78 is 6.81. The number of carbonyl (C=O) groups is 2. The van der Waals surface area contributed by atoms with Gasteiger partial charge in [0.25, 0.3) is 0 Å². The van der Waals surface area contributed by atoms with Crippen LogP contribution in [0.1, 0.15) is 28.7 Å². The third-order valence-corrected chi connectivity index (χ3v) is 3.78. The zero-order valence-corrected chi connectivity index (χ0v) is 12.6. The number of nitrogens with zero attached hydrogens (tertiary/aromatic N) is 3. The van der Waals surface area contributed by atoms with Crippen LogP contribution >= 0.6 is 0 Å². The molecule has 1 aromatic rings. The third-order valence-electron chi connectivity index (χ3n) is 3.78. The van der Waals surface area contributed by atoms with Crippen LogP contribution in [0.3, 0.4) is 0 Å². The van der Waals surface area contributed by atoms with Gasteiger partial charge in [-0.05, 0) is 20.8 Å². The van der Waals surface area contributed by atoms with Gasteiger partial charge in [-0.3, -0.25) is 14.3 Å². The highest BCUT2D eigenvalue weighted by molar-refractivity contribution is 5.96. The van der Waals surface area contributed by atoms with E-state index < -0.39 is 0 Å². The molecule has 1 aliphatic heterocycles. The maximum absolute atomic E-state index is 12.4. The number of amides is 1. The zero-order valence-electron chi connectivity index (χ0n) is 12.6. The molecule has 0 aliphatic carbocycles. The molecule has 0 bridgehead atoms. The molecular weight excluding hydrogens is 274 g/mol. The van der Waals surface area contributed by atoms with E-state index >= 15 is 0 Å². The van der Waals surface area contributed by atoms with Gasteiger partial charge in [0.2, 0.25) is 5.91 Å². The molecule has 1 aromatic heterocycles. The van der Waals surface area contributed by atoms with E-state index in [0.717, 1.165) is 0 Å². The molecule has 1 aliphatic rings. The number of ether oxygens (including phenoxy) is 1. The molecule has 116 valence electrons. The summed E-state index contributed by atoms with van der Waals surface area (Å²) in [5, 5.41) is 13.6. The molecule has 1 saturated heterocycles. The molecule has 1 fully saturated rings. The van der Waals surface area contributed by atoms with Gasteiger partial charge < -0.3 is 14.7 Å². The zero-order chi connectivity index (χ0) is 15.6. The van der Waals surface area contributed by atoms with Gasteiger partial charge in [-0.15, -0.1) is 0 Å². The van der Waals surface area contributed by atoms with E-state index in [0.29, 0.717) is 36.7 Å². The van der Waals surface area contributed by atoms with Crippen LogP contribution in [0.25, 0.3) is 0 Å². The minimum atomic E-state index is -0.310. The van der Waals surface area contributed by atoms with Gasteiger partial charge in [0.1, 0.15) is 6.54 Å². The van der Waals surface area contributed by atoms with E-state index in [4.69, 9.17) is 4.74 Å². The molecule has 2 heterocycles. The SMILES string of the molecule is CC(=O)c1c(C)nn(CC(=O)N2CCOCC2CO)c1C. The number of carbonyl (C=O) groups excluding carboxylic acids is 2. The monoisotopic (exact) mass is 295 g/mol. The van der Waals surface area contributed by atoms with E-state index in [1.807, 2.05) is 0 Å². The predicted molar refractivity (Wildman–Crippen MR) is 75.1 cm³/mol. The molecule has 21 heavy (non-hydrogen) atoms. The molecule has 1 unspecified atom stereocenters. The molecule has 1 N–H and O–H groups in total. The summed E-state index contributed by atoms with van der Waals surface area (Å²) in [6.07, 6.45) is 0. The van der Waals surface area contributed by atoms with Gasteiger partial charge in [-0.2, -0.15) is 5.10 Å². The Labute approximate surface area is 123 Å². The Morgan fingerprint density at radius 2 is 2.14 bits per heavy atom. The van der Waals surface area contributed by atoms with Crippen molar-refractivity contribution in [3.8, 4) is 0 Å². The van der Waals surface area contributed by atoms with E-state index in [-0.39, 0.29) is 30.9 Å². The maximum atomic E-state index is 12.4. The van der Waals surface area contributed by atoms with Gasteiger partial charge in [0.05, 0.1) is 37.1 Å². The second-order valence-electron chi connectivity index (χ2n) is 5.26. The van der Waals surface area contributed by atoms with E-state index in [1.165, 1.54) is 6.92 Å². The lowest BCUT2D eigenvalue weighted by Gasteiger charge is -2.34. The second-order valence-corrected chi connectivity index (χ2v) is 5.26. The number of hydrogen-bond acceptors (Lipinski definition) is 5. The van der Waals surface area contributed by atoms with Crippen LogP contribution in [0.5, 0.6) is 0 Å². The molecule has 0 saturated carbocycles. The lowest BCUT2D eigenvalue weighted by Crippen LogP contribution is -2.51. The number of rotatable bonds is 4. The first kappa shape index (κ1) is 15.7. The quantitative estimate of drug-likeness (QED) is 0.786. The number of ketones is 1. The average Bonchev–Trinajstić information content (AvgIpc) is 2.73. The Kier molecular flexibility index (Phi) is 4.74. The molecule has 0 spiro atoms. The summed E-state index contributed by atoms with van der Waals surface area (Å²) in [7, 11) is 0. The highest BCUT2D eigenvalue weighted by Gasteiger charge is 2.27. The fraction of sp³-hybridized carbons (Fsp3) is 0.643. The Morgan fingerprint density at radius 3 is 2.71 bits per heavy atom. The van der Waals surface area contributed by atoms with Crippen molar-refractivity contribution < 1.29 is 19.4 Å². The first-order valence-electron chi connectivity index (χ1n) is 6.98. The molecule has 7 heteroatoms. The molecule has 1 amide bonds. The van der Waals surface area contributed by atoms with E-state index in [9.17, 15) is 14.7 Å². The van der Waals surface area contributed by atoms with Crippen molar-refractivity contribution in [2.24, 2.45) is 0 Å². The molecule has 0 radical (unpaired) electrons. The van der Waals surface area contributed by atoms with Crippen LogP contribution in [0.15, 0.2) is 0 Å². The average molecular weight is 295 g/mol. The van der Waals surface area contributed by atoms with Crippen molar-refractivity contribution in [2.45, 2.75) is 33.4 Å². The Morgan fingerprint density at radius 1 is 1.43 bits per heavy atom. The largest absolute Gasteiger partial charge is 0.394 e. The summed E-state index contributed by atoms with van der Waals surface area (Å²) in [4.78, 5) is 25.6. The van der Waals surface area contributed by atoms with Gasteiger partial charge in [0, 0.05) is 12.2 Å². The smallest absolute Gasteiger partial charge is 0.244 e. The van der Waals surface area contributed by atoms with Gasteiger partial charge >= 0.3 is 0 Å². The minimum Gasteiger partial charge on any atom is -0.394 e. The van der Waals surface area contributed by atoms with Crippen LogP contribution in [-0.2, 0) is 16.1 Å². The van der Waals surface area contributed by atoms with Crippen molar-refractivity contribution in [3.63, 3.8) is 0 Å². The lowest BCUT2D eigenvalue weighted by atomic mass is 10.1. The number of Topliss-reactive ketones (excluding diaryl/α,β-unsaturated/α-hetero) is 1. The summed E-state index contributed by atoms with van der Waals surface area (Å²) in [6.45, 7) is 6.26. The first-order valence-corrected chi connectivity index (χ1v) is 6.98. The molecule has 7 nitrogen and oxygen atoms in total. The van der Waals surface area contributed by atoms with Gasteiger partial charge in [0.15, 0.2) is 5.78 Å². The molecular formula is C14H21N3O4.